The van der Waals surface area contributed by atoms with Crippen molar-refractivity contribution in [3.05, 3.63) is 21.1 Å². The summed E-state index contributed by atoms with van der Waals surface area (Å²) in [6.07, 6.45) is 0. The Morgan fingerprint density at radius 3 is 2.09 bits per heavy atom. The summed E-state index contributed by atoms with van der Waals surface area (Å²) >= 11 is 6.54. The lowest BCUT2D eigenvalue weighted by atomic mass is 10.3. The van der Waals surface area contributed by atoms with Gasteiger partial charge in [0.05, 0.1) is 11.4 Å². The summed E-state index contributed by atoms with van der Waals surface area (Å²) in [6.45, 7) is 0. The zero-order chi connectivity index (χ0) is 7.72. The normalized spacial score (nSPS) is 8.91. The Labute approximate surface area is 88.0 Å². The van der Waals surface area contributed by atoms with Crippen molar-refractivity contribution in [2.24, 2.45) is 0 Å². The fourth-order valence-electron chi connectivity index (χ4n) is 0.605. The van der Waals surface area contributed by atoms with Gasteiger partial charge in [0.2, 0.25) is 0 Å². The van der Waals surface area contributed by atoms with E-state index in [1.807, 2.05) is 6.07 Å². The molecule has 0 unspecified atom stereocenters. The van der Waals surface area contributed by atoms with Gasteiger partial charge in [-0.25, -0.2) is 0 Å². The number of hydrogen-bond acceptors (Lipinski definition) is 2. The van der Waals surface area contributed by atoms with E-state index < -0.39 is 0 Å². The van der Waals surface area contributed by atoms with E-state index in [9.17, 15) is 0 Å². The van der Waals surface area contributed by atoms with Crippen molar-refractivity contribution in [3.8, 4) is 0 Å². The van der Waals surface area contributed by atoms with Crippen LogP contribution in [0.15, 0.2) is 21.1 Å². The van der Waals surface area contributed by atoms with Crippen LogP contribution in [-0.4, -0.2) is 0 Å². The molecule has 0 saturated heterocycles. The molecule has 0 atom stereocenters. The summed E-state index contributed by atoms with van der Waals surface area (Å²) in [4.78, 5) is 0. The first kappa shape index (κ1) is 11.1. The first-order chi connectivity index (χ1) is 4.61. The first-order valence-electron chi connectivity index (χ1n) is 2.61. The van der Waals surface area contributed by atoms with Crippen LogP contribution in [0.4, 0.5) is 11.4 Å². The molecule has 0 aliphatic carbocycles. The number of rotatable bonds is 0. The number of anilines is 2. The summed E-state index contributed by atoms with van der Waals surface area (Å²) in [6, 6.07) is 3.62. The number of nitrogen functional groups attached to an aromatic ring is 2. The molecule has 1 aromatic rings. The molecule has 0 fully saturated rings. The molecule has 62 valence electrons. The molecular weight excluding hydrogens is 295 g/mol. The maximum atomic E-state index is 5.56. The number of nitrogens with two attached hydrogens (primary N) is 2. The Morgan fingerprint density at radius 1 is 1.09 bits per heavy atom. The average molecular weight is 302 g/mol. The lowest BCUT2D eigenvalue weighted by molar-refractivity contribution is 1.58. The fourth-order valence-corrected chi connectivity index (χ4v) is 1.86. The third-order valence-electron chi connectivity index (χ3n) is 1.13. The third kappa shape index (κ3) is 2.54. The molecule has 2 nitrogen and oxygen atoms in total. The van der Waals surface area contributed by atoms with Crippen molar-refractivity contribution in [2.75, 3.05) is 11.5 Å². The minimum atomic E-state index is 0. The van der Waals surface area contributed by atoms with Crippen LogP contribution in [0.3, 0.4) is 0 Å². The molecule has 0 radical (unpaired) electrons. The molecule has 0 aliphatic heterocycles. The monoisotopic (exact) mass is 300 g/mol. The number of benzene rings is 1. The molecular formula is C6H7Br2ClN2. The second kappa shape index (κ2) is 4.18. The second-order valence-electron chi connectivity index (χ2n) is 1.89. The van der Waals surface area contributed by atoms with Crippen molar-refractivity contribution in [2.45, 2.75) is 0 Å². The van der Waals surface area contributed by atoms with Crippen LogP contribution in [-0.2, 0) is 0 Å². The van der Waals surface area contributed by atoms with Crippen molar-refractivity contribution in [1.29, 1.82) is 0 Å². The van der Waals surface area contributed by atoms with Crippen LogP contribution in [0.25, 0.3) is 0 Å². The molecule has 0 aromatic heterocycles. The van der Waals surface area contributed by atoms with Gasteiger partial charge in [0.1, 0.15) is 0 Å². The molecule has 1 rings (SSSR count). The first-order valence-corrected chi connectivity index (χ1v) is 4.20. The van der Waals surface area contributed by atoms with Crippen molar-refractivity contribution >= 4 is 55.6 Å². The topological polar surface area (TPSA) is 52.0 Å². The highest BCUT2D eigenvalue weighted by Gasteiger charge is 2.00. The van der Waals surface area contributed by atoms with Crippen molar-refractivity contribution in [3.63, 3.8) is 0 Å². The van der Waals surface area contributed by atoms with Crippen molar-refractivity contribution < 1.29 is 0 Å². The molecule has 0 aliphatic rings. The van der Waals surface area contributed by atoms with E-state index in [4.69, 9.17) is 11.5 Å². The molecule has 0 amide bonds. The molecule has 4 N–H and O–H groups in total. The molecule has 0 spiro atoms. The van der Waals surface area contributed by atoms with Gasteiger partial charge in [-0.15, -0.1) is 12.4 Å². The van der Waals surface area contributed by atoms with E-state index in [-0.39, 0.29) is 12.4 Å². The Kier molecular flexibility index (Phi) is 4.21. The lowest BCUT2D eigenvalue weighted by Crippen LogP contribution is -1.94. The highest BCUT2D eigenvalue weighted by molar-refractivity contribution is 9.11. The van der Waals surface area contributed by atoms with E-state index >= 15 is 0 Å². The minimum absolute atomic E-state index is 0. The Morgan fingerprint density at radius 2 is 1.64 bits per heavy atom. The van der Waals surface area contributed by atoms with Gasteiger partial charge in [0.25, 0.3) is 0 Å². The highest BCUT2D eigenvalue weighted by atomic mass is 79.9. The predicted octanol–water partition coefficient (Wildman–Crippen LogP) is 2.80. The second-order valence-corrected chi connectivity index (χ2v) is 3.66. The quantitative estimate of drug-likeness (QED) is 0.724. The lowest BCUT2D eigenvalue weighted by Gasteiger charge is -2.02. The summed E-state index contributed by atoms with van der Waals surface area (Å²) in [7, 11) is 0. The van der Waals surface area contributed by atoms with Crippen LogP contribution in [0.5, 0.6) is 0 Å². The summed E-state index contributed by atoms with van der Waals surface area (Å²) in [5, 5.41) is 0. The SMILES string of the molecule is Cl.Nc1cc(Br)cc(Br)c1N. The molecule has 1 aromatic carbocycles. The van der Waals surface area contributed by atoms with Gasteiger partial charge in [0.15, 0.2) is 0 Å². The van der Waals surface area contributed by atoms with Gasteiger partial charge in [-0.3, -0.25) is 0 Å². The molecule has 0 saturated carbocycles. The van der Waals surface area contributed by atoms with E-state index in [1.165, 1.54) is 0 Å². The Balaban J connectivity index is 0.000001000. The van der Waals surface area contributed by atoms with Crippen LogP contribution < -0.4 is 11.5 Å². The smallest absolute Gasteiger partial charge is 0.0692 e. The van der Waals surface area contributed by atoms with Crippen LogP contribution >= 0.6 is 44.3 Å². The zero-order valence-corrected chi connectivity index (χ0v) is 9.46. The largest absolute Gasteiger partial charge is 0.397 e. The van der Waals surface area contributed by atoms with E-state index in [0.29, 0.717) is 11.4 Å². The number of hydrogen-bond donors (Lipinski definition) is 2. The van der Waals surface area contributed by atoms with Gasteiger partial charge >= 0.3 is 0 Å². The molecule has 11 heavy (non-hydrogen) atoms. The standard InChI is InChI=1S/C6H6Br2N2.ClH/c7-3-1-4(8)6(10)5(9)2-3;/h1-2H,9-10H2;1H. The van der Waals surface area contributed by atoms with Gasteiger partial charge in [0, 0.05) is 8.95 Å². The molecule has 0 heterocycles. The predicted molar refractivity (Wildman–Crippen MR) is 57.9 cm³/mol. The summed E-state index contributed by atoms with van der Waals surface area (Å²) < 4.78 is 1.74. The maximum absolute atomic E-state index is 5.56. The Hall–Kier alpha value is 0.0700. The zero-order valence-electron chi connectivity index (χ0n) is 5.47. The van der Waals surface area contributed by atoms with E-state index in [2.05, 4.69) is 31.9 Å². The summed E-state index contributed by atoms with van der Waals surface area (Å²) in [5.74, 6) is 0. The maximum Gasteiger partial charge on any atom is 0.0692 e. The van der Waals surface area contributed by atoms with Crippen LogP contribution in [0.2, 0.25) is 0 Å². The highest BCUT2D eigenvalue weighted by Crippen LogP contribution is 2.29. The van der Waals surface area contributed by atoms with Gasteiger partial charge < -0.3 is 11.5 Å². The molecule has 0 bridgehead atoms. The summed E-state index contributed by atoms with van der Waals surface area (Å²) in [5.41, 5.74) is 12.3. The number of halogens is 3. The third-order valence-corrected chi connectivity index (χ3v) is 2.24. The molecule has 5 heteroatoms. The van der Waals surface area contributed by atoms with Gasteiger partial charge in [-0.2, -0.15) is 0 Å². The van der Waals surface area contributed by atoms with Gasteiger partial charge in [-0.1, -0.05) is 15.9 Å². The fraction of sp³-hybridized carbons (Fsp3) is 0. The Bertz CT molecular complexity index is 242. The van der Waals surface area contributed by atoms with E-state index in [1.54, 1.807) is 6.07 Å². The van der Waals surface area contributed by atoms with Crippen LogP contribution in [0, 0.1) is 0 Å². The van der Waals surface area contributed by atoms with Crippen LogP contribution in [0.1, 0.15) is 0 Å². The minimum Gasteiger partial charge on any atom is -0.397 e. The van der Waals surface area contributed by atoms with E-state index in [0.717, 1.165) is 8.95 Å². The average Bonchev–Trinajstić information content (AvgIpc) is 1.82. The van der Waals surface area contributed by atoms with Crippen molar-refractivity contribution in [1.82, 2.24) is 0 Å². The van der Waals surface area contributed by atoms with Gasteiger partial charge in [-0.05, 0) is 28.1 Å².